The summed E-state index contributed by atoms with van der Waals surface area (Å²) in [6.07, 6.45) is 12.0. The highest BCUT2D eigenvalue weighted by Crippen LogP contribution is 2.28. The van der Waals surface area contributed by atoms with Crippen molar-refractivity contribution in [3.05, 3.63) is 30.1 Å². The molecule has 6 heteroatoms. The summed E-state index contributed by atoms with van der Waals surface area (Å²) in [5, 5.41) is 6.58. The molecule has 6 nitrogen and oxygen atoms in total. The predicted octanol–water partition coefficient (Wildman–Crippen LogP) is 3.00. The van der Waals surface area contributed by atoms with Gasteiger partial charge in [0.05, 0.1) is 0 Å². The van der Waals surface area contributed by atoms with Gasteiger partial charge in [-0.25, -0.2) is 4.99 Å². The number of aliphatic imine (C=N–C) groups is 1. The Morgan fingerprint density at radius 2 is 2.07 bits per heavy atom. The van der Waals surface area contributed by atoms with Crippen LogP contribution in [0, 0.1) is 5.92 Å². The zero-order chi connectivity index (χ0) is 20.0. The molecule has 0 aliphatic heterocycles. The molecule has 1 amide bonds. The molecule has 2 rings (SSSR count). The number of hydrogen-bond acceptors (Lipinski definition) is 3. The van der Waals surface area contributed by atoms with E-state index in [0.717, 1.165) is 43.5 Å². The topological polar surface area (TPSA) is 69.6 Å². The van der Waals surface area contributed by atoms with Crippen LogP contribution in [0.25, 0.3) is 0 Å². The van der Waals surface area contributed by atoms with E-state index in [4.69, 9.17) is 0 Å². The Labute approximate surface area is 170 Å². The number of carbonyl (C=O) groups is 1. The fourth-order valence-electron chi connectivity index (χ4n) is 3.63. The molecule has 1 heterocycles. The lowest BCUT2D eigenvalue weighted by atomic mass is 10.0. The number of guanidine groups is 1. The van der Waals surface area contributed by atoms with E-state index in [0.29, 0.717) is 6.54 Å². The van der Waals surface area contributed by atoms with Gasteiger partial charge in [-0.3, -0.25) is 9.78 Å². The summed E-state index contributed by atoms with van der Waals surface area (Å²) in [6.45, 7) is 4.55. The quantitative estimate of drug-likeness (QED) is 0.348. The fourth-order valence-corrected chi connectivity index (χ4v) is 3.63. The van der Waals surface area contributed by atoms with Gasteiger partial charge in [0.1, 0.15) is 6.54 Å². The number of amides is 1. The van der Waals surface area contributed by atoms with Gasteiger partial charge in [0, 0.05) is 45.0 Å². The molecule has 2 N–H and O–H groups in total. The second-order valence-electron chi connectivity index (χ2n) is 7.65. The van der Waals surface area contributed by atoms with Crippen LogP contribution in [0.1, 0.15) is 57.6 Å². The lowest BCUT2D eigenvalue weighted by molar-refractivity contribution is -0.128. The van der Waals surface area contributed by atoms with Crippen LogP contribution in [0.3, 0.4) is 0 Å². The lowest BCUT2D eigenvalue weighted by Crippen LogP contribution is -2.39. The van der Waals surface area contributed by atoms with Crippen LogP contribution in [-0.4, -0.2) is 55.0 Å². The average Bonchev–Trinajstić information content (AvgIpc) is 3.24. The normalized spacial score (nSPS) is 14.9. The highest BCUT2D eigenvalue weighted by Gasteiger charge is 2.14. The first-order valence-electron chi connectivity index (χ1n) is 10.8. The first-order valence-corrected chi connectivity index (χ1v) is 10.8. The summed E-state index contributed by atoms with van der Waals surface area (Å²) in [4.78, 5) is 22.8. The Morgan fingerprint density at radius 3 is 2.79 bits per heavy atom. The number of nitrogens with one attached hydrogen (secondary N) is 2. The molecule has 1 saturated carbocycles. The van der Waals surface area contributed by atoms with Crippen LogP contribution in [-0.2, 0) is 11.2 Å². The van der Waals surface area contributed by atoms with Crippen molar-refractivity contribution in [1.29, 1.82) is 0 Å². The zero-order valence-corrected chi connectivity index (χ0v) is 17.6. The third-order valence-electron chi connectivity index (χ3n) is 5.38. The number of likely N-dealkylation sites (N-methyl/N-ethyl adjacent to an activating group) is 1. The molecule has 0 saturated heterocycles. The molecule has 1 aromatic heterocycles. The maximum atomic E-state index is 12.3. The molecule has 0 aromatic carbocycles. The van der Waals surface area contributed by atoms with Crippen LogP contribution in [0.2, 0.25) is 0 Å². The molecule has 156 valence electrons. The Morgan fingerprint density at radius 1 is 1.25 bits per heavy atom. The van der Waals surface area contributed by atoms with Crippen molar-refractivity contribution in [2.75, 3.05) is 33.2 Å². The predicted molar refractivity (Wildman–Crippen MR) is 115 cm³/mol. The van der Waals surface area contributed by atoms with E-state index in [1.54, 1.807) is 11.1 Å². The zero-order valence-electron chi connectivity index (χ0n) is 17.6. The van der Waals surface area contributed by atoms with Gasteiger partial charge in [0.25, 0.3) is 0 Å². The van der Waals surface area contributed by atoms with Crippen molar-refractivity contribution < 1.29 is 4.79 Å². The van der Waals surface area contributed by atoms with Gasteiger partial charge >= 0.3 is 0 Å². The molecular formula is C22H37N5O. The van der Waals surface area contributed by atoms with E-state index in [2.05, 4.69) is 20.6 Å². The molecule has 0 bridgehead atoms. The minimum atomic E-state index is 0.0226. The number of unbranched alkanes of at least 4 members (excludes halogenated alkanes) is 1. The van der Waals surface area contributed by atoms with Gasteiger partial charge in [0.15, 0.2) is 5.96 Å². The Balaban J connectivity index is 1.65. The van der Waals surface area contributed by atoms with Crippen molar-refractivity contribution in [2.24, 2.45) is 10.9 Å². The van der Waals surface area contributed by atoms with E-state index in [9.17, 15) is 4.79 Å². The standard InChI is InChI=1S/C22H37N5O/c1-3-23-22(25-16-8-6-12-19-10-4-5-11-19)26-18-21(28)27(2)17-14-20-13-7-9-15-24-20/h7,9,13,15,19H,3-6,8,10-12,14,16-18H2,1-2H3,(H2,23,25,26). The summed E-state index contributed by atoms with van der Waals surface area (Å²) in [5.74, 6) is 1.71. The van der Waals surface area contributed by atoms with E-state index in [-0.39, 0.29) is 12.5 Å². The monoisotopic (exact) mass is 387 g/mol. The smallest absolute Gasteiger partial charge is 0.244 e. The first-order chi connectivity index (χ1) is 13.7. The van der Waals surface area contributed by atoms with Crippen LogP contribution in [0.15, 0.2) is 29.4 Å². The highest BCUT2D eigenvalue weighted by molar-refractivity contribution is 5.84. The largest absolute Gasteiger partial charge is 0.357 e. The summed E-state index contributed by atoms with van der Waals surface area (Å²) in [6, 6.07) is 5.85. The van der Waals surface area contributed by atoms with Crippen molar-refractivity contribution in [3.8, 4) is 0 Å². The first kappa shape index (κ1) is 22.2. The molecule has 1 aliphatic carbocycles. The summed E-state index contributed by atoms with van der Waals surface area (Å²) in [7, 11) is 1.82. The molecule has 0 radical (unpaired) electrons. The molecule has 0 spiro atoms. The minimum absolute atomic E-state index is 0.0226. The molecule has 0 unspecified atom stereocenters. The van der Waals surface area contributed by atoms with Crippen LogP contribution in [0.5, 0.6) is 0 Å². The Hall–Kier alpha value is -2.11. The lowest BCUT2D eigenvalue weighted by Gasteiger charge is -2.17. The van der Waals surface area contributed by atoms with Crippen molar-refractivity contribution >= 4 is 11.9 Å². The van der Waals surface area contributed by atoms with E-state index >= 15 is 0 Å². The second kappa shape index (κ2) is 13.1. The van der Waals surface area contributed by atoms with Crippen molar-refractivity contribution in [1.82, 2.24) is 20.5 Å². The van der Waals surface area contributed by atoms with E-state index in [1.165, 1.54) is 38.5 Å². The molecule has 1 fully saturated rings. The average molecular weight is 388 g/mol. The number of aromatic nitrogens is 1. The maximum Gasteiger partial charge on any atom is 0.244 e. The Kier molecular flexibility index (Phi) is 10.4. The molecule has 0 atom stereocenters. The fraction of sp³-hybridized carbons (Fsp3) is 0.682. The highest BCUT2D eigenvalue weighted by atomic mass is 16.2. The number of carbonyl (C=O) groups excluding carboxylic acids is 1. The van der Waals surface area contributed by atoms with Gasteiger partial charge < -0.3 is 15.5 Å². The number of hydrogen-bond donors (Lipinski definition) is 2. The van der Waals surface area contributed by atoms with Crippen molar-refractivity contribution in [2.45, 2.75) is 58.3 Å². The van der Waals surface area contributed by atoms with Crippen LogP contribution >= 0.6 is 0 Å². The van der Waals surface area contributed by atoms with E-state index < -0.39 is 0 Å². The number of pyridine rings is 1. The second-order valence-corrected chi connectivity index (χ2v) is 7.65. The van der Waals surface area contributed by atoms with E-state index in [1.807, 2.05) is 32.2 Å². The minimum Gasteiger partial charge on any atom is -0.357 e. The maximum absolute atomic E-state index is 12.3. The van der Waals surface area contributed by atoms with Gasteiger partial charge in [-0.05, 0) is 31.4 Å². The van der Waals surface area contributed by atoms with Crippen LogP contribution < -0.4 is 10.6 Å². The molecule has 1 aliphatic rings. The van der Waals surface area contributed by atoms with Gasteiger partial charge in [-0.1, -0.05) is 44.6 Å². The van der Waals surface area contributed by atoms with Gasteiger partial charge in [0.2, 0.25) is 5.91 Å². The van der Waals surface area contributed by atoms with Gasteiger partial charge in [-0.2, -0.15) is 0 Å². The third kappa shape index (κ3) is 8.72. The molecule has 28 heavy (non-hydrogen) atoms. The number of rotatable bonds is 11. The van der Waals surface area contributed by atoms with Gasteiger partial charge in [-0.15, -0.1) is 0 Å². The summed E-state index contributed by atoms with van der Waals surface area (Å²) >= 11 is 0. The SMILES string of the molecule is CCNC(=NCC(=O)N(C)CCc1ccccn1)NCCCCC1CCCC1. The summed E-state index contributed by atoms with van der Waals surface area (Å²) in [5.41, 5.74) is 0.998. The summed E-state index contributed by atoms with van der Waals surface area (Å²) < 4.78 is 0. The number of nitrogens with zero attached hydrogens (tertiary/aromatic N) is 3. The van der Waals surface area contributed by atoms with Crippen LogP contribution in [0.4, 0.5) is 0 Å². The Bertz CT molecular complexity index is 584. The third-order valence-corrected chi connectivity index (χ3v) is 5.38. The van der Waals surface area contributed by atoms with Crippen molar-refractivity contribution in [3.63, 3.8) is 0 Å². The molecule has 1 aromatic rings. The molecular weight excluding hydrogens is 350 g/mol.